The fraction of sp³-hybridized carbons (Fsp3) is 0.222. The minimum absolute atomic E-state index is 0.214. The van der Waals surface area contributed by atoms with Crippen LogP contribution in [0.25, 0.3) is 0 Å². The predicted octanol–water partition coefficient (Wildman–Crippen LogP) is 0.950. The number of rotatable bonds is 6. The van der Waals surface area contributed by atoms with Gasteiger partial charge in [-0.1, -0.05) is 0 Å². The van der Waals surface area contributed by atoms with Gasteiger partial charge >= 0.3 is 11.7 Å². The zero-order valence-corrected chi connectivity index (χ0v) is 10.2. The molecule has 0 aliphatic rings. The van der Waals surface area contributed by atoms with E-state index in [0.717, 1.165) is 12.1 Å². The van der Waals surface area contributed by atoms with E-state index in [1.807, 2.05) is 4.72 Å². The SMILES string of the molecule is O=C(O)CCS(=O)(=O)Nc1ccc([N+](=O)[O-])c(F)c1. The summed E-state index contributed by atoms with van der Waals surface area (Å²) in [5.41, 5.74) is -0.998. The van der Waals surface area contributed by atoms with Gasteiger partial charge in [-0.2, -0.15) is 4.39 Å². The molecule has 19 heavy (non-hydrogen) atoms. The Kier molecular flexibility index (Phi) is 4.38. The van der Waals surface area contributed by atoms with Gasteiger partial charge < -0.3 is 5.11 Å². The number of carboxylic acids is 1. The third-order valence-electron chi connectivity index (χ3n) is 2.00. The number of nitrogens with one attached hydrogen (secondary N) is 1. The number of nitro groups is 1. The van der Waals surface area contributed by atoms with Crippen LogP contribution < -0.4 is 4.72 Å². The fourth-order valence-corrected chi connectivity index (χ4v) is 2.20. The Balaban J connectivity index is 2.86. The Hall–Kier alpha value is -2.23. The highest BCUT2D eigenvalue weighted by Crippen LogP contribution is 2.21. The highest BCUT2D eigenvalue weighted by atomic mass is 32.2. The Bertz CT molecular complexity index is 615. The van der Waals surface area contributed by atoms with Crippen LogP contribution in [0.5, 0.6) is 0 Å². The molecule has 0 bridgehead atoms. The first-order valence-corrected chi connectivity index (χ1v) is 6.53. The lowest BCUT2D eigenvalue weighted by atomic mass is 10.3. The molecular formula is C9H9FN2O6S. The van der Waals surface area contributed by atoms with Crippen LogP contribution in [0.1, 0.15) is 6.42 Å². The van der Waals surface area contributed by atoms with E-state index in [4.69, 9.17) is 5.11 Å². The van der Waals surface area contributed by atoms with E-state index >= 15 is 0 Å². The maximum absolute atomic E-state index is 13.2. The van der Waals surface area contributed by atoms with Gasteiger partial charge in [0.2, 0.25) is 15.8 Å². The van der Waals surface area contributed by atoms with Gasteiger partial charge in [-0.05, 0) is 6.07 Å². The molecule has 0 amide bonds. The van der Waals surface area contributed by atoms with Crippen molar-refractivity contribution in [2.75, 3.05) is 10.5 Å². The van der Waals surface area contributed by atoms with E-state index < -0.39 is 44.6 Å². The lowest BCUT2D eigenvalue weighted by molar-refractivity contribution is -0.387. The molecule has 10 heteroatoms. The van der Waals surface area contributed by atoms with E-state index in [1.54, 1.807) is 0 Å². The molecule has 1 aromatic rings. The molecule has 0 saturated heterocycles. The summed E-state index contributed by atoms with van der Waals surface area (Å²) in [4.78, 5) is 19.7. The van der Waals surface area contributed by atoms with Gasteiger partial charge in [0.15, 0.2) is 0 Å². The molecule has 0 unspecified atom stereocenters. The molecule has 104 valence electrons. The molecule has 0 radical (unpaired) electrons. The van der Waals surface area contributed by atoms with Crippen LogP contribution in [0.3, 0.4) is 0 Å². The summed E-state index contributed by atoms with van der Waals surface area (Å²) in [6, 6.07) is 2.47. The molecule has 2 N–H and O–H groups in total. The summed E-state index contributed by atoms with van der Waals surface area (Å²) in [6.45, 7) is 0. The monoisotopic (exact) mass is 292 g/mol. The van der Waals surface area contributed by atoms with Crippen LogP contribution in [0.2, 0.25) is 0 Å². The highest BCUT2D eigenvalue weighted by Gasteiger charge is 2.17. The van der Waals surface area contributed by atoms with Gasteiger partial charge in [-0.15, -0.1) is 0 Å². The maximum atomic E-state index is 13.2. The number of anilines is 1. The maximum Gasteiger partial charge on any atom is 0.304 e. The minimum Gasteiger partial charge on any atom is -0.481 e. The number of carboxylic acid groups (broad SMARTS) is 1. The lowest BCUT2D eigenvalue weighted by Gasteiger charge is -2.06. The first-order valence-electron chi connectivity index (χ1n) is 4.87. The lowest BCUT2D eigenvalue weighted by Crippen LogP contribution is -2.19. The van der Waals surface area contributed by atoms with Crippen LogP contribution >= 0.6 is 0 Å². The van der Waals surface area contributed by atoms with Crippen molar-refractivity contribution in [2.24, 2.45) is 0 Å². The molecular weight excluding hydrogens is 283 g/mol. The molecule has 0 heterocycles. The van der Waals surface area contributed by atoms with Crippen molar-refractivity contribution in [1.29, 1.82) is 0 Å². The summed E-state index contributed by atoms with van der Waals surface area (Å²) < 4.78 is 38.0. The summed E-state index contributed by atoms with van der Waals surface area (Å²) in [7, 11) is -3.95. The van der Waals surface area contributed by atoms with Crippen LogP contribution in [0, 0.1) is 15.9 Å². The standard InChI is InChI=1S/C9H9FN2O6S/c10-7-5-6(1-2-8(7)12(15)16)11-19(17,18)4-3-9(13)14/h1-2,5,11H,3-4H2,(H,13,14). The van der Waals surface area contributed by atoms with Gasteiger partial charge in [0.25, 0.3) is 0 Å². The number of nitrogens with zero attached hydrogens (tertiary/aromatic N) is 1. The normalized spacial score (nSPS) is 11.0. The average Bonchev–Trinajstić information content (AvgIpc) is 2.25. The van der Waals surface area contributed by atoms with E-state index in [0.29, 0.717) is 6.07 Å². The Morgan fingerprint density at radius 3 is 2.58 bits per heavy atom. The molecule has 1 aromatic carbocycles. The molecule has 0 spiro atoms. The van der Waals surface area contributed by atoms with Crippen LogP contribution in [-0.2, 0) is 14.8 Å². The number of benzene rings is 1. The summed E-state index contributed by atoms with van der Waals surface area (Å²) in [6.07, 6.45) is -0.606. The first kappa shape index (κ1) is 14.8. The molecule has 0 atom stereocenters. The fourth-order valence-electron chi connectivity index (χ4n) is 1.17. The van der Waals surface area contributed by atoms with Crippen molar-refractivity contribution in [2.45, 2.75) is 6.42 Å². The summed E-state index contributed by atoms with van der Waals surface area (Å²) >= 11 is 0. The number of nitro benzene ring substituents is 1. The summed E-state index contributed by atoms with van der Waals surface area (Å²) in [5, 5.41) is 18.7. The number of hydrogen-bond acceptors (Lipinski definition) is 5. The number of sulfonamides is 1. The number of carbonyl (C=O) groups is 1. The van der Waals surface area contributed by atoms with Crippen molar-refractivity contribution in [3.8, 4) is 0 Å². The van der Waals surface area contributed by atoms with E-state index in [-0.39, 0.29) is 5.69 Å². The van der Waals surface area contributed by atoms with Gasteiger partial charge in [0.05, 0.1) is 22.8 Å². The average molecular weight is 292 g/mol. The predicted molar refractivity (Wildman–Crippen MR) is 62.7 cm³/mol. The quantitative estimate of drug-likeness (QED) is 0.593. The van der Waals surface area contributed by atoms with Crippen LogP contribution in [-0.4, -0.2) is 30.2 Å². The van der Waals surface area contributed by atoms with Crippen molar-refractivity contribution in [1.82, 2.24) is 0 Å². The molecule has 8 nitrogen and oxygen atoms in total. The second-order valence-electron chi connectivity index (χ2n) is 3.49. The molecule has 0 saturated carbocycles. The third kappa shape index (κ3) is 4.50. The zero-order valence-electron chi connectivity index (χ0n) is 9.37. The zero-order chi connectivity index (χ0) is 14.6. The molecule has 0 aliphatic heterocycles. The molecule has 1 rings (SSSR count). The van der Waals surface area contributed by atoms with E-state index in [2.05, 4.69) is 0 Å². The molecule has 0 aromatic heterocycles. The first-order chi connectivity index (χ1) is 8.71. The number of aliphatic carboxylic acids is 1. The van der Waals surface area contributed by atoms with Crippen molar-refractivity contribution >= 4 is 27.4 Å². The van der Waals surface area contributed by atoms with Gasteiger partial charge in [0.1, 0.15) is 0 Å². The smallest absolute Gasteiger partial charge is 0.304 e. The second kappa shape index (κ2) is 5.61. The Morgan fingerprint density at radius 2 is 2.11 bits per heavy atom. The van der Waals surface area contributed by atoms with Gasteiger partial charge in [-0.3, -0.25) is 19.6 Å². The van der Waals surface area contributed by atoms with Gasteiger partial charge in [-0.25, -0.2) is 8.42 Å². The van der Waals surface area contributed by atoms with Crippen molar-refractivity contribution < 1.29 is 27.6 Å². The molecule has 0 fully saturated rings. The topological polar surface area (TPSA) is 127 Å². The Labute approximate surface area is 107 Å². The highest BCUT2D eigenvalue weighted by molar-refractivity contribution is 7.92. The molecule has 0 aliphatic carbocycles. The number of halogens is 1. The largest absolute Gasteiger partial charge is 0.481 e. The minimum atomic E-state index is -3.95. The van der Waals surface area contributed by atoms with Crippen molar-refractivity contribution in [3.63, 3.8) is 0 Å². The van der Waals surface area contributed by atoms with E-state index in [9.17, 15) is 27.7 Å². The summed E-state index contributed by atoms with van der Waals surface area (Å²) in [5.74, 6) is -3.16. The second-order valence-corrected chi connectivity index (χ2v) is 5.33. The van der Waals surface area contributed by atoms with Crippen LogP contribution in [0.15, 0.2) is 18.2 Å². The third-order valence-corrected chi connectivity index (χ3v) is 3.29. The van der Waals surface area contributed by atoms with Gasteiger partial charge in [0, 0.05) is 12.1 Å². The number of hydrogen-bond donors (Lipinski definition) is 2. The van der Waals surface area contributed by atoms with Crippen molar-refractivity contribution in [3.05, 3.63) is 34.1 Å². The van der Waals surface area contributed by atoms with E-state index in [1.165, 1.54) is 0 Å². The van der Waals surface area contributed by atoms with Crippen LogP contribution in [0.4, 0.5) is 15.8 Å². The Morgan fingerprint density at radius 1 is 1.47 bits per heavy atom.